The lowest BCUT2D eigenvalue weighted by Gasteiger charge is -2.31. The van der Waals surface area contributed by atoms with Crippen molar-refractivity contribution in [2.24, 2.45) is 0 Å². The fourth-order valence-electron chi connectivity index (χ4n) is 4.89. The minimum absolute atomic E-state index is 0.0257. The maximum Gasteiger partial charge on any atom is 0.241 e. The van der Waals surface area contributed by atoms with E-state index < -0.39 is 0 Å². The molecule has 1 atom stereocenters. The predicted octanol–water partition coefficient (Wildman–Crippen LogP) is 5.69. The van der Waals surface area contributed by atoms with Crippen LogP contribution in [0.4, 0.5) is 5.69 Å². The SMILES string of the molecule is CCCCOc1ccc(OCCCN2CCOCC2)cc1.Cc1cccc(C)c1NC(=O)C1CCCCN1C. The van der Waals surface area contributed by atoms with Crippen LogP contribution < -0.4 is 14.8 Å². The predicted molar refractivity (Wildman–Crippen MR) is 159 cm³/mol. The molecule has 2 fully saturated rings. The maximum absolute atomic E-state index is 12.3. The Morgan fingerprint density at radius 1 is 0.923 bits per heavy atom. The van der Waals surface area contributed by atoms with Crippen molar-refractivity contribution in [1.29, 1.82) is 0 Å². The number of piperidine rings is 1. The first-order valence-corrected chi connectivity index (χ1v) is 14.7. The lowest BCUT2D eigenvalue weighted by Crippen LogP contribution is -2.44. The fraction of sp³-hybridized carbons (Fsp3) is 0.594. The number of morpholine rings is 1. The minimum Gasteiger partial charge on any atom is -0.494 e. The van der Waals surface area contributed by atoms with Gasteiger partial charge in [0, 0.05) is 25.3 Å². The van der Waals surface area contributed by atoms with Gasteiger partial charge in [-0.25, -0.2) is 0 Å². The molecule has 1 unspecified atom stereocenters. The average molecular weight is 540 g/mol. The lowest BCUT2D eigenvalue weighted by atomic mass is 10.0. The van der Waals surface area contributed by atoms with Gasteiger partial charge in [0.1, 0.15) is 11.5 Å². The Bertz CT molecular complexity index is 956. The number of hydrogen-bond donors (Lipinski definition) is 1. The van der Waals surface area contributed by atoms with E-state index in [0.29, 0.717) is 0 Å². The van der Waals surface area contributed by atoms with Crippen LogP contribution in [0.25, 0.3) is 0 Å². The van der Waals surface area contributed by atoms with Crippen LogP contribution in [0, 0.1) is 13.8 Å². The van der Waals surface area contributed by atoms with E-state index in [2.05, 4.69) is 22.0 Å². The summed E-state index contributed by atoms with van der Waals surface area (Å²) in [5.41, 5.74) is 3.23. The first kappa shape index (κ1) is 30.9. The van der Waals surface area contributed by atoms with Gasteiger partial charge in [0.05, 0.1) is 32.5 Å². The smallest absolute Gasteiger partial charge is 0.241 e. The van der Waals surface area contributed by atoms with Crippen molar-refractivity contribution < 1.29 is 19.0 Å². The molecule has 39 heavy (non-hydrogen) atoms. The van der Waals surface area contributed by atoms with E-state index in [9.17, 15) is 4.79 Å². The van der Waals surface area contributed by atoms with Crippen LogP contribution in [-0.4, -0.2) is 81.4 Å². The molecule has 1 N–H and O–H groups in total. The molecule has 4 rings (SSSR count). The number of carbonyl (C=O) groups excluding carboxylic acids is 1. The largest absolute Gasteiger partial charge is 0.494 e. The summed E-state index contributed by atoms with van der Waals surface area (Å²) >= 11 is 0. The molecule has 0 bridgehead atoms. The highest BCUT2D eigenvalue weighted by molar-refractivity contribution is 5.96. The highest BCUT2D eigenvalue weighted by Gasteiger charge is 2.26. The van der Waals surface area contributed by atoms with E-state index in [0.717, 1.165) is 113 Å². The Hall–Kier alpha value is -2.61. The third-order valence-corrected chi connectivity index (χ3v) is 7.38. The van der Waals surface area contributed by atoms with E-state index >= 15 is 0 Å². The van der Waals surface area contributed by atoms with Crippen molar-refractivity contribution in [2.75, 3.05) is 65.0 Å². The molecule has 2 aliphatic heterocycles. The fourth-order valence-corrected chi connectivity index (χ4v) is 4.89. The monoisotopic (exact) mass is 539 g/mol. The molecule has 2 aliphatic rings. The van der Waals surface area contributed by atoms with Gasteiger partial charge in [-0.3, -0.25) is 14.6 Å². The number of para-hydroxylation sites is 1. The van der Waals surface area contributed by atoms with Crippen molar-refractivity contribution >= 4 is 11.6 Å². The van der Waals surface area contributed by atoms with E-state index in [-0.39, 0.29) is 11.9 Å². The number of likely N-dealkylation sites (N-methyl/N-ethyl adjacent to an activating group) is 1. The highest BCUT2D eigenvalue weighted by Crippen LogP contribution is 2.22. The van der Waals surface area contributed by atoms with Crippen molar-refractivity contribution in [3.05, 3.63) is 53.6 Å². The summed E-state index contributed by atoms with van der Waals surface area (Å²) in [4.78, 5) is 16.9. The first-order chi connectivity index (χ1) is 19.0. The van der Waals surface area contributed by atoms with E-state index in [4.69, 9.17) is 14.2 Å². The standard InChI is InChI=1S/C17H27NO3.C15H22N2O/c1-2-3-12-20-16-5-7-17(8-6-16)21-13-4-9-18-10-14-19-15-11-18;1-11-7-6-8-12(2)14(11)16-15(18)13-9-4-5-10-17(13)3/h5-8H,2-4,9-15H2,1H3;6-8,13H,4-5,9-10H2,1-3H3,(H,16,18). The van der Waals surface area contributed by atoms with Gasteiger partial charge in [-0.2, -0.15) is 0 Å². The Morgan fingerprint density at radius 3 is 2.13 bits per heavy atom. The Balaban J connectivity index is 0.000000218. The second-order valence-electron chi connectivity index (χ2n) is 10.6. The Kier molecular flexibility index (Phi) is 13.6. The number of likely N-dealkylation sites (tertiary alicyclic amines) is 1. The summed E-state index contributed by atoms with van der Waals surface area (Å²) in [5.74, 6) is 1.97. The number of nitrogens with one attached hydrogen (secondary N) is 1. The van der Waals surface area contributed by atoms with E-state index in [1.54, 1.807) is 0 Å². The molecule has 2 heterocycles. The topological polar surface area (TPSA) is 63.3 Å². The molecular weight excluding hydrogens is 490 g/mol. The van der Waals surface area contributed by atoms with Crippen LogP contribution in [-0.2, 0) is 9.53 Å². The normalized spacial score (nSPS) is 18.1. The number of benzene rings is 2. The molecule has 0 saturated carbocycles. The van der Waals surface area contributed by atoms with Gasteiger partial charge < -0.3 is 19.5 Å². The zero-order valence-electron chi connectivity index (χ0n) is 24.5. The molecule has 0 radical (unpaired) electrons. The van der Waals surface area contributed by atoms with Crippen LogP contribution in [0.5, 0.6) is 11.5 Å². The number of nitrogens with zero attached hydrogens (tertiary/aromatic N) is 2. The van der Waals surface area contributed by atoms with Gasteiger partial charge >= 0.3 is 0 Å². The molecule has 2 saturated heterocycles. The van der Waals surface area contributed by atoms with Crippen molar-refractivity contribution in [2.45, 2.75) is 65.3 Å². The number of ether oxygens (including phenoxy) is 3. The third kappa shape index (κ3) is 10.8. The number of anilines is 1. The average Bonchev–Trinajstić information content (AvgIpc) is 2.95. The molecule has 7 nitrogen and oxygen atoms in total. The number of hydrogen-bond acceptors (Lipinski definition) is 6. The van der Waals surface area contributed by atoms with E-state index in [1.807, 2.05) is 63.4 Å². The van der Waals surface area contributed by atoms with Crippen LogP contribution in [0.15, 0.2) is 42.5 Å². The second kappa shape index (κ2) is 17.2. The molecule has 0 aromatic heterocycles. The number of amides is 1. The van der Waals surface area contributed by atoms with Crippen LogP contribution in [0.3, 0.4) is 0 Å². The third-order valence-electron chi connectivity index (χ3n) is 7.38. The van der Waals surface area contributed by atoms with Gasteiger partial charge in [-0.15, -0.1) is 0 Å². The minimum atomic E-state index is 0.0257. The van der Waals surface area contributed by atoms with Gasteiger partial charge in [0.2, 0.25) is 5.91 Å². The van der Waals surface area contributed by atoms with Gasteiger partial charge in [-0.1, -0.05) is 38.0 Å². The number of unbranched alkanes of at least 4 members (excludes halogenated alkanes) is 1. The summed E-state index contributed by atoms with van der Waals surface area (Å²) in [6.07, 6.45) is 6.62. The maximum atomic E-state index is 12.3. The zero-order valence-corrected chi connectivity index (χ0v) is 24.5. The lowest BCUT2D eigenvalue weighted by molar-refractivity contribution is -0.121. The van der Waals surface area contributed by atoms with Crippen molar-refractivity contribution in [3.63, 3.8) is 0 Å². The summed E-state index contributed by atoms with van der Waals surface area (Å²) in [5, 5.41) is 3.10. The van der Waals surface area contributed by atoms with Gasteiger partial charge in [-0.05, 0) is 88.5 Å². The molecule has 0 aliphatic carbocycles. The number of rotatable bonds is 11. The Labute approximate surface area is 235 Å². The molecule has 2 aromatic carbocycles. The summed E-state index contributed by atoms with van der Waals surface area (Å²) in [6, 6.07) is 14.0. The second-order valence-corrected chi connectivity index (χ2v) is 10.6. The quantitative estimate of drug-likeness (QED) is 0.370. The molecule has 7 heteroatoms. The molecule has 216 valence electrons. The summed E-state index contributed by atoms with van der Waals surface area (Å²) in [7, 11) is 2.04. The molecule has 1 amide bonds. The molecule has 2 aromatic rings. The zero-order chi connectivity index (χ0) is 27.9. The highest BCUT2D eigenvalue weighted by atomic mass is 16.5. The van der Waals surface area contributed by atoms with Crippen molar-refractivity contribution in [1.82, 2.24) is 9.80 Å². The number of aryl methyl sites for hydroxylation is 2. The van der Waals surface area contributed by atoms with Gasteiger partial charge in [0.25, 0.3) is 0 Å². The van der Waals surface area contributed by atoms with Gasteiger partial charge in [0.15, 0.2) is 0 Å². The van der Waals surface area contributed by atoms with Crippen LogP contribution >= 0.6 is 0 Å². The summed E-state index contributed by atoms with van der Waals surface area (Å²) in [6.45, 7) is 13.7. The van der Waals surface area contributed by atoms with Crippen molar-refractivity contribution in [3.8, 4) is 11.5 Å². The van der Waals surface area contributed by atoms with Crippen LogP contribution in [0.1, 0.15) is 56.6 Å². The Morgan fingerprint density at radius 2 is 1.54 bits per heavy atom. The van der Waals surface area contributed by atoms with E-state index in [1.165, 1.54) is 6.42 Å². The molecule has 0 spiro atoms. The summed E-state index contributed by atoms with van der Waals surface area (Å²) < 4.78 is 16.7. The van der Waals surface area contributed by atoms with Crippen LogP contribution in [0.2, 0.25) is 0 Å². The first-order valence-electron chi connectivity index (χ1n) is 14.7. The number of carbonyl (C=O) groups is 1. The molecular formula is C32H49N3O4.